The Bertz CT molecular complexity index is 1380. The van der Waals surface area contributed by atoms with Gasteiger partial charge in [0.2, 0.25) is 5.78 Å². The monoisotopic (exact) mass is 578 g/mol. The fraction of sp³-hybridized carbons (Fsp3) is 0.552. The molecule has 41 heavy (non-hydrogen) atoms. The highest BCUT2D eigenvalue weighted by atomic mass is 19.4. The summed E-state index contributed by atoms with van der Waals surface area (Å²) in [7, 11) is 0. The SMILES string of the molecule is NC(=O)C1=C(O)C[C@@H]2CC3Cc4c(c(O)cc(CNCCC5CCCCC5)c4C(F)(F)F)C(=O)C3=C(O)[C@]2(O)C1=O. The molecule has 0 bridgehead atoms. The van der Waals surface area contributed by atoms with E-state index in [1.54, 1.807) is 0 Å². The van der Waals surface area contributed by atoms with Crippen molar-refractivity contribution in [2.24, 2.45) is 23.5 Å². The number of carbonyl (C=O) groups excluding carboxylic acids is 3. The first kappa shape index (κ1) is 29.1. The molecule has 3 atom stereocenters. The van der Waals surface area contributed by atoms with E-state index >= 15 is 0 Å². The first-order valence-electron chi connectivity index (χ1n) is 13.9. The predicted octanol–water partition coefficient (Wildman–Crippen LogP) is 3.66. The van der Waals surface area contributed by atoms with Gasteiger partial charge in [0.15, 0.2) is 11.4 Å². The number of aliphatic hydroxyl groups excluding tert-OH is 2. The van der Waals surface area contributed by atoms with E-state index in [9.17, 15) is 48.0 Å². The number of Topliss-reactive ketones (excluding diaryl/α,β-unsaturated/α-hetero) is 2. The van der Waals surface area contributed by atoms with Crippen LogP contribution in [0.1, 0.15) is 78.4 Å². The minimum atomic E-state index is -4.87. The molecular weight excluding hydrogens is 545 g/mol. The predicted molar refractivity (Wildman–Crippen MR) is 139 cm³/mol. The van der Waals surface area contributed by atoms with E-state index in [1.807, 2.05) is 0 Å². The van der Waals surface area contributed by atoms with E-state index in [4.69, 9.17) is 5.73 Å². The van der Waals surface area contributed by atoms with E-state index in [0.717, 1.165) is 38.2 Å². The molecule has 1 unspecified atom stereocenters. The van der Waals surface area contributed by atoms with Crippen LogP contribution in [-0.4, -0.2) is 50.0 Å². The number of phenols is 1. The van der Waals surface area contributed by atoms with Gasteiger partial charge in [-0.25, -0.2) is 0 Å². The van der Waals surface area contributed by atoms with Crippen molar-refractivity contribution in [1.82, 2.24) is 5.32 Å². The van der Waals surface area contributed by atoms with E-state index in [0.29, 0.717) is 12.5 Å². The maximum atomic E-state index is 14.5. The van der Waals surface area contributed by atoms with Crippen LogP contribution in [0.15, 0.2) is 28.7 Å². The average Bonchev–Trinajstić information content (AvgIpc) is 2.88. The van der Waals surface area contributed by atoms with E-state index in [2.05, 4.69) is 5.32 Å². The molecule has 1 amide bonds. The van der Waals surface area contributed by atoms with Gasteiger partial charge in [0.1, 0.15) is 22.8 Å². The van der Waals surface area contributed by atoms with Crippen LogP contribution in [0, 0.1) is 17.8 Å². The molecule has 0 saturated heterocycles. The maximum absolute atomic E-state index is 14.5. The lowest BCUT2D eigenvalue weighted by Gasteiger charge is -2.45. The molecule has 9 nitrogen and oxygen atoms in total. The summed E-state index contributed by atoms with van der Waals surface area (Å²) in [6.07, 6.45) is 0.540. The van der Waals surface area contributed by atoms with Crippen LogP contribution in [0.3, 0.4) is 0 Å². The van der Waals surface area contributed by atoms with Crippen LogP contribution in [0.5, 0.6) is 5.75 Å². The zero-order chi connectivity index (χ0) is 29.9. The Morgan fingerprint density at radius 3 is 2.41 bits per heavy atom. The fourth-order valence-electron chi connectivity index (χ4n) is 7.26. The number of aliphatic hydroxyl groups is 3. The second-order valence-corrected chi connectivity index (χ2v) is 11.7. The van der Waals surface area contributed by atoms with Crippen molar-refractivity contribution in [3.63, 3.8) is 0 Å². The van der Waals surface area contributed by atoms with Crippen LogP contribution >= 0.6 is 0 Å². The summed E-state index contributed by atoms with van der Waals surface area (Å²) in [4.78, 5) is 38.3. The lowest BCUT2D eigenvalue weighted by molar-refractivity contribution is -0.144. The molecule has 0 spiro atoms. The number of alkyl halides is 3. The Kier molecular flexibility index (Phi) is 7.44. The lowest BCUT2D eigenvalue weighted by atomic mass is 9.60. The minimum absolute atomic E-state index is 0.180. The number of ketones is 2. The summed E-state index contributed by atoms with van der Waals surface area (Å²) in [6.45, 7) is 0.321. The van der Waals surface area contributed by atoms with Crippen LogP contribution < -0.4 is 11.1 Å². The van der Waals surface area contributed by atoms with Crippen molar-refractivity contribution in [2.45, 2.75) is 76.1 Å². The summed E-state index contributed by atoms with van der Waals surface area (Å²) in [6, 6.07) is 0.892. The summed E-state index contributed by atoms with van der Waals surface area (Å²) >= 11 is 0. The first-order chi connectivity index (χ1) is 19.3. The van der Waals surface area contributed by atoms with Gasteiger partial charge in [-0.1, -0.05) is 32.1 Å². The Balaban J connectivity index is 1.51. The molecule has 1 fully saturated rings. The van der Waals surface area contributed by atoms with Crippen molar-refractivity contribution < 1.29 is 48.0 Å². The quantitative estimate of drug-likeness (QED) is 0.219. The van der Waals surface area contributed by atoms with Gasteiger partial charge < -0.3 is 31.5 Å². The van der Waals surface area contributed by atoms with Gasteiger partial charge in [-0.2, -0.15) is 13.2 Å². The Morgan fingerprint density at radius 1 is 1.10 bits per heavy atom. The topological polar surface area (TPSA) is 170 Å². The van der Waals surface area contributed by atoms with E-state index < -0.39 is 99.0 Å². The molecule has 0 radical (unpaired) electrons. The zero-order valence-electron chi connectivity index (χ0n) is 22.3. The van der Waals surface area contributed by atoms with Crippen molar-refractivity contribution in [3.05, 3.63) is 51.0 Å². The number of benzene rings is 1. The third-order valence-corrected chi connectivity index (χ3v) is 9.20. The molecule has 5 rings (SSSR count). The normalized spacial score (nSPS) is 27.0. The third kappa shape index (κ3) is 4.80. The third-order valence-electron chi connectivity index (χ3n) is 9.20. The number of carbonyl (C=O) groups is 3. The number of fused-ring (bicyclic) bond motifs is 3. The average molecular weight is 579 g/mol. The smallest absolute Gasteiger partial charge is 0.417 e. The molecule has 4 aliphatic carbocycles. The Labute approximate surface area is 233 Å². The maximum Gasteiger partial charge on any atom is 0.417 e. The summed E-state index contributed by atoms with van der Waals surface area (Å²) < 4.78 is 43.5. The van der Waals surface area contributed by atoms with Crippen LogP contribution in [0.2, 0.25) is 0 Å². The fourth-order valence-corrected chi connectivity index (χ4v) is 7.26. The standard InChI is InChI=1S/C29H33F3N2O7/c30-29(31,32)23-15(12-34-7-6-13-4-2-1-3-5-13)10-18(35)21-17(23)9-14-8-16-11-19(36)22(27(33)40)26(39)28(16,41)25(38)20(14)24(21)37/h10,13-14,16,34-36,38,41H,1-9,11-12H2,(H2,33,40)/t14?,16-,28-/m0/s1. The number of hydrogen-bond acceptors (Lipinski definition) is 8. The molecule has 222 valence electrons. The molecule has 4 aliphatic rings. The number of phenolic OH excluding ortho intramolecular Hbond substituents is 1. The molecule has 12 heteroatoms. The van der Waals surface area contributed by atoms with Gasteiger partial charge in [-0.05, 0) is 54.8 Å². The van der Waals surface area contributed by atoms with Crippen LogP contribution in [0.4, 0.5) is 13.2 Å². The number of halogens is 3. The summed E-state index contributed by atoms with van der Waals surface area (Å²) in [5.41, 5.74) is -1.35. The van der Waals surface area contributed by atoms with Crippen molar-refractivity contribution >= 4 is 17.5 Å². The van der Waals surface area contributed by atoms with E-state index in [1.165, 1.54) is 6.42 Å². The number of hydrogen-bond donors (Lipinski definition) is 6. The van der Waals surface area contributed by atoms with E-state index in [-0.39, 0.29) is 18.5 Å². The number of nitrogens with two attached hydrogens (primary N) is 1. The Morgan fingerprint density at radius 2 is 1.78 bits per heavy atom. The van der Waals surface area contributed by atoms with Gasteiger partial charge in [0.25, 0.3) is 5.91 Å². The van der Waals surface area contributed by atoms with Crippen molar-refractivity contribution in [2.75, 3.05) is 6.54 Å². The van der Waals surface area contributed by atoms with Gasteiger partial charge in [0.05, 0.1) is 11.1 Å². The molecule has 1 aromatic rings. The van der Waals surface area contributed by atoms with Crippen LogP contribution in [-0.2, 0) is 28.7 Å². The number of amides is 1. The second-order valence-electron chi connectivity index (χ2n) is 11.7. The highest BCUT2D eigenvalue weighted by Crippen LogP contribution is 2.53. The molecular formula is C29H33F3N2O7. The second kappa shape index (κ2) is 10.5. The van der Waals surface area contributed by atoms with Gasteiger partial charge in [0, 0.05) is 24.5 Å². The van der Waals surface area contributed by atoms with Crippen LogP contribution in [0.25, 0.3) is 0 Å². The largest absolute Gasteiger partial charge is 0.511 e. The molecule has 7 N–H and O–H groups in total. The highest BCUT2D eigenvalue weighted by molar-refractivity contribution is 6.24. The number of aromatic hydroxyl groups is 1. The lowest BCUT2D eigenvalue weighted by Crippen LogP contribution is -2.57. The number of nitrogens with one attached hydrogen (secondary N) is 1. The first-order valence-corrected chi connectivity index (χ1v) is 13.9. The van der Waals surface area contributed by atoms with Crippen molar-refractivity contribution in [1.29, 1.82) is 0 Å². The van der Waals surface area contributed by atoms with Gasteiger partial charge in [-0.3, -0.25) is 14.4 Å². The molecule has 1 saturated carbocycles. The van der Waals surface area contributed by atoms with Gasteiger partial charge >= 0.3 is 6.18 Å². The van der Waals surface area contributed by atoms with Crippen molar-refractivity contribution in [3.8, 4) is 5.75 Å². The van der Waals surface area contributed by atoms with Gasteiger partial charge in [-0.15, -0.1) is 0 Å². The number of allylic oxidation sites excluding steroid dienone is 2. The number of rotatable bonds is 6. The number of primary amides is 1. The summed E-state index contributed by atoms with van der Waals surface area (Å²) in [5, 5.41) is 46.4. The molecule has 0 heterocycles. The summed E-state index contributed by atoms with van der Waals surface area (Å²) in [5.74, 6) is -8.15. The molecule has 0 aliphatic heterocycles. The molecule has 0 aromatic heterocycles. The minimum Gasteiger partial charge on any atom is -0.511 e. The highest BCUT2D eigenvalue weighted by Gasteiger charge is 2.60. The zero-order valence-corrected chi connectivity index (χ0v) is 22.3. The molecule has 1 aromatic carbocycles. The Hall–Kier alpha value is -3.38.